The lowest BCUT2D eigenvalue weighted by Gasteiger charge is -2.12. The van der Waals surface area contributed by atoms with Gasteiger partial charge in [0.2, 0.25) is 0 Å². The summed E-state index contributed by atoms with van der Waals surface area (Å²) in [6.07, 6.45) is 8.88. The zero-order valence-corrected chi connectivity index (χ0v) is 15.7. The maximum absolute atomic E-state index is 4.35. The molecule has 29 heavy (non-hydrogen) atoms. The lowest BCUT2D eigenvalue weighted by Crippen LogP contribution is -2.03. The van der Waals surface area contributed by atoms with Crippen LogP contribution in [0.4, 0.5) is 5.82 Å². The predicted octanol–water partition coefficient (Wildman–Crippen LogP) is 3.88. The number of rotatable bonds is 6. The number of anilines is 1. The molecule has 0 aliphatic heterocycles. The van der Waals surface area contributed by atoms with E-state index < -0.39 is 0 Å². The van der Waals surface area contributed by atoms with Crippen LogP contribution in [0.2, 0.25) is 0 Å². The summed E-state index contributed by atoms with van der Waals surface area (Å²) in [6, 6.07) is 17.1. The molecule has 0 aliphatic carbocycles. The Labute approximate surface area is 167 Å². The number of nitrogens with zero attached hydrogens (tertiary/aromatic N) is 5. The van der Waals surface area contributed by atoms with Gasteiger partial charge in [-0.1, -0.05) is 48.5 Å². The molecule has 0 fully saturated rings. The standard InChI is InChI=1S/C22H19N7/c1-2-4-19(17-7-5-16(6-8-17)13-29-10-9-23-15-29)18(3-1)11-24-21-20-12-27-28-22(20)26-14-25-21/h1-10,12,14-15H,11,13H2,(H2,24,25,26,27,28). The lowest BCUT2D eigenvalue weighted by atomic mass is 9.98. The third kappa shape index (κ3) is 3.58. The predicted molar refractivity (Wildman–Crippen MR) is 112 cm³/mol. The molecule has 2 N–H and O–H groups in total. The number of aromatic nitrogens is 6. The Kier molecular flexibility index (Phi) is 4.46. The molecular formula is C22H19N7. The average molecular weight is 381 g/mol. The topological polar surface area (TPSA) is 84.3 Å². The van der Waals surface area contributed by atoms with Crippen molar-refractivity contribution >= 4 is 16.9 Å². The molecule has 0 bridgehead atoms. The van der Waals surface area contributed by atoms with Gasteiger partial charge in [0.05, 0.1) is 17.9 Å². The molecule has 5 rings (SSSR count). The maximum Gasteiger partial charge on any atom is 0.160 e. The highest BCUT2D eigenvalue weighted by Crippen LogP contribution is 2.26. The van der Waals surface area contributed by atoms with Crippen LogP contribution in [0.25, 0.3) is 22.2 Å². The van der Waals surface area contributed by atoms with Gasteiger partial charge in [0.1, 0.15) is 12.1 Å². The number of nitrogens with one attached hydrogen (secondary N) is 2. The Hall–Kier alpha value is -4.00. The number of benzene rings is 2. The van der Waals surface area contributed by atoms with E-state index in [2.05, 4.69) is 83.6 Å². The van der Waals surface area contributed by atoms with Gasteiger partial charge in [-0.15, -0.1) is 0 Å². The van der Waals surface area contributed by atoms with Gasteiger partial charge in [-0.2, -0.15) is 5.10 Å². The Morgan fingerprint density at radius 2 is 1.90 bits per heavy atom. The fourth-order valence-electron chi connectivity index (χ4n) is 3.42. The van der Waals surface area contributed by atoms with Crippen LogP contribution in [-0.2, 0) is 13.1 Å². The smallest absolute Gasteiger partial charge is 0.160 e. The number of fused-ring (bicyclic) bond motifs is 1. The Morgan fingerprint density at radius 1 is 1.00 bits per heavy atom. The van der Waals surface area contributed by atoms with E-state index in [0.29, 0.717) is 6.54 Å². The van der Waals surface area contributed by atoms with Crippen LogP contribution >= 0.6 is 0 Å². The van der Waals surface area contributed by atoms with Gasteiger partial charge >= 0.3 is 0 Å². The van der Waals surface area contributed by atoms with E-state index in [1.165, 1.54) is 28.6 Å². The molecule has 0 atom stereocenters. The summed E-state index contributed by atoms with van der Waals surface area (Å²) in [6.45, 7) is 1.47. The number of imidazole rings is 1. The highest BCUT2D eigenvalue weighted by atomic mass is 15.2. The van der Waals surface area contributed by atoms with Gasteiger partial charge in [0.15, 0.2) is 5.65 Å². The normalized spacial score (nSPS) is 11.0. The second-order valence-corrected chi connectivity index (χ2v) is 6.80. The molecule has 3 aromatic heterocycles. The largest absolute Gasteiger partial charge is 0.365 e. The molecule has 0 amide bonds. The minimum absolute atomic E-state index is 0.657. The van der Waals surface area contributed by atoms with Crippen molar-refractivity contribution in [3.8, 4) is 11.1 Å². The van der Waals surface area contributed by atoms with E-state index in [0.717, 1.165) is 23.4 Å². The Morgan fingerprint density at radius 3 is 2.76 bits per heavy atom. The van der Waals surface area contributed by atoms with Crippen LogP contribution in [0.1, 0.15) is 11.1 Å². The second kappa shape index (κ2) is 7.55. The molecule has 2 aromatic carbocycles. The van der Waals surface area contributed by atoms with Crippen LogP contribution in [0, 0.1) is 0 Å². The Balaban J connectivity index is 1.37. The van der Waals surface area contributed by atoms with Crippen molar-refractivity contribution in [2.24, 2.45) is 0 Å². The zero-order valence-electron chi connectivity index (χ0n) is 15.7. The summed E-state index contributed by atoms with van der Waals surface area (Å²) in [5.41, 5.74) is 5.56. The lowest BCUT2D eigenvalue weighted by molar-refractivity contribution is 0.797. The monoisotopic (exact) mass is 381 g/mol. The third-order valence-electron chi connectivity index (χ3n) is 4.90. The van der Waals surface area contributed by atoms with Crippen LogP contribution in [-0.4, -0.2) is 29.7 Å². The van der Waals surface area contributed by atoms with Crippen LogP contribution in [0.15, 0.2) is 79.8 Å². The van der Waals surface area contributed by atoms with Crippen molar-refractivity contribution in [1.82, 2.24) is 29.7 Å². The van der Waals surface area contributed by atoms with Gasteiger partial charge in [-0.25, -0.2) is 15.0 Å². The maximum atomic E-state index is 4.35. The van der Waals surface area contributed by atoms with Crippen molar-refractivity contribution < 1.29 is 0 Å². The summed E-state index contributed by atoms with van der Waals surface area (Å²) >= 11 is 0. The van der Waals surface area contributed by atoms with Crippen molar-refractivity contribution in [2.45, 2.75) is 13.1 Å². The molecule has 0 saturated heterocycles. The van der Waals surface area contributed by atoms with E-state index in [1.54, 1.807) is 12.4 Å². The van der Waals surface area contributed by atoms with Crippen molar-refractivity contribution in [1.29, 1.82) is 0 Å². The van der Waals surface area contributed by atoms with Gasteiger partial charge in [-0.05, 0) is 22.3 Å². The summed E-state index contributed by atoms with van der Waals surface area (Å²) < 4.78 is 2.06. The molecule has 7 nitrogen and oxygen atoms in total. The highest BCUT2D eigenvalue weighted by Gasteiger charge is 2.08. The van der Waals surface area contributed by atoms with Gasteiger partial charge in [0.25, 0.3) is 0 Å². The minimum Gasteiger partial charge on any atom is -0.365 e. The first-order valence-electron chi connectivity index (χ1n) is 9.38. The molecule has 5 aromatic rings. The van der Waals surface area contributed by atoms with Crippen molar-refractivity contribution in [3.63, 3.8) is 0 Å². The van der Waals surface area contributed by atoms with E-state index >= 15 is 0 Å². The van der Waals surface area contributed by atoms with Crippen molar-refractivity contribution in [3.05, 3.63) is 90.9 Å². The van der Waals surface area contributed by atoms with Gasteiger partial charge < -0.3 is 9.88 Å². The Bertz CT molecular complexity index is 1220. The van der Waals surface area contributed by atoms with E-state index in [1.807, 2.05) is 12.5 Å². The van der Waals surface area contributed by atoms with E-state index in [-0.39, 0.29) is 0 Å². The second-order valence-electron chi connectivity index (χ2n) is 6.80. The highest BCUT2D eigenvalue weighted by molar-refractivity contribution is 5.85. The summed E-state index contributed by atoms with van der Waals surface area (Å²) in [5, 5.41) is 11.2. The number of hydrogen-bond donors (Lipinski definition) is 2. The molecule has 0 saturated carbocycles. The average Bonchev–Trinajstić information content (AvgIpc) is 3.45. The summed E-state index contributed by atoms with van der Waals surface area (Å²) in [7, 11) is 0. The molecule has 0 spiro atoms. The summed E-state index contributed by atoms with van der Waals surface area (Å²) in [4.78, 5) is 12.6. The third-order valence-corrected chi connectivity index (χ3v) is 4.90. The SMILES string of the molecule is c1ccc(-c2ccc(Cn3ccnc3)cc2)c(CNc2ncnc3[nH]ncc23)c1. The molecule has 0 radical (unpaired) electrons. The quantitative estimate of drug-likeness (QED) is 0.466. The number of hydrogen-bond acceptors (Lipinski definition) is 5. The van der Waals surface area contributed by atoms with E-state index in [4.69, 9.17) is 0 Å². The first kappa shape index (κ1) is 17.1. The van der Waals surface area contributed by atoms with E-state index in [9.17, 15) is 0 Å². The molecule has 3 heterocycles. The number of aromatic amines is 1. The first-order chi connectivity index (χ1) is 14.4. The van der Waals surface area contributed by atoms with Gasteiger partial charge in [-0.3, -0.25) is 5.10 Å². The zero-order chi connectivity index (χ0) is 19.5. The fraction of sp³-hybridized carbons (Fsp3) is 0.0909. The molecule has 7 heteroatoms. The van der Waals surface area contributed by atoms with Crippen LogP contribution in [0.5, 0.6) is 0 Å². The van der Waals surface area contributed by atoms with Crippen LogP contribution in [0.3, 0.4) is 0 Å². The molecular weight excluding hydrogens is 362 g/mol. The molecule has 142 valence electrons. The summed E-state index contributed by atoms with van der Waals surface area (Å²) in [5.74, 6) is 0.772. The first-order valence-corrected chi connectivity index (χ1v) is 9.38. The molecule has 0 aliphatic rings. The van der Waals surface area contributed by atoms with Crippen molar-refractivity contribution in [2.75, 3.05) is 5.32 Å². The number of H-pyrrole nitrogens is 1. The molecule has 0 unspecified atom stereocenters. The van der Waals surface area contributed by atoms with Gasteiger partial charge in [0, 0.05) is 25.5 Å². The van der Waals surface area contributed by atoms with Crippen LogP contribution < -0.4 is 5.32 Å². The fourth-order valence-corrected chi connectivity index (χ4v) is 3.42. The minimum atomic E-state index is 0.657.